The van der Waals surface area contributed by atoms with Gasteiger partial charge in [-0.1, -0.05) is 0 Å². The van der Waals surface area contributed by atoms with Crippen LogP contribution in [0.1, 0.15) is 12.8 Å². The SMILES string of the molecule is Nc1ccc(OCCCCl)c(OCCCCl)c1. The number of ether oxygens (including phenoxy) is 2. The highest BCUT2D eigenvalue weighted by molar-refractivity contribution is 6.18. The van der Waals surface area contributed by atoms with E-state index in [1.54, 1.807) is 18.2 Å². The first kappa shape index (κ1) is 14.3. The minimum Gasteiger partial charge on any atom is -0.490 e. The van der Waals surface area contributed by atoms with E-state index in [2.05, 4.69) is 0 Å². The van der Waals surface area contributed by atoms with Crippen molar-refractivity contribution in [3.05, 3.63) is 18.2 Å². The molecular formula is C12H17Cl2NO2. The Balaban J connectivity index is 2.59. The van der Waals surface area contributed by atoms with Crippen molar-refractivity contribution in [2.24, 2.45) is 0 Å². The molecule has 0 aliphatic carbocycles. The van der Waals surface area contributed by atoms with Crippen molar-refractivity contribution >= 4 is 28.9 Å². The number of nitrogen functional groups attached to an aromatic ring is 1. The number of benzene rings is 1. The molecule has 17 heavy (non-hydrogen) atoms. The molecule has 2 N–H and O–H groups in total. The third-order valence-corrected chi connectivity index (χ3v) is 2.57. The zero-order chi connectivity index (χ0) is 12.5. The molecule has 0 saturated heterocycles. The van der Waals surface area contributed by atoms with Crippen LogP contribution in [0.25, 0.3) is 0 Å². The minimum atomic E-state index is 0.554. The van der Waals surface area contributed by atoms with Crippen molar-refractivity contribution in [2.75, 3.05) is 30.7 Å². The first-order valence-electron chi connectivity index (χ1n) is 5.55. The predicted molar refractivity (Wildman–Crippen MR) is 72.5 cm³/mol. The van der Waals surface area contributed by atoms with Crippen LogP contribution in [0.5, 0.6) is 11.5 Å². The Hall–Kier alpha value is -0.800. The van der Waals surface area contributed by atoms with Crippen LogP contribution < -0.4 is 15.2 Å². The Bertz CT molecular complexity index is 334. The summed E-state index contributed by atoms with van der Waals surface area (Å²) in [5.41, 5.74) is 6.35. The topological polar surface area (TPSA) is 44.5 Å². The van der Waals surface area contributed by atoms with Gasteiger partial charge >= 0.3 is 0 Å². The molecule has 3 nitrogen and oxygen atoms in total. The van der Waals surface area contributed by atoms with E-state index >= 15 is 0 Å². The monoisotopic (exact) mass is 277 g/mol. The molecule has 0 radical (unpaired) electrons. The normalized spacial score (nSPS) is 10.2. The molecule has 0 fully saturated rings. The van der Waals surface area contributed by atoms with Gasteiger partial charge < -0.3 is 15.2 Å². The third kappa shape index (κ3) is 5.37. The minimum absolute atomic E-state index is 0.554. The molecule has 5 heteroatoms. The van der Waals surface area contributed by atoms with Gasteiger partial charge in [0.15, 0.2) is 11.5 Å². The average molecular weight is 278 g/mol. The fourth-order valence-electron chi connectivity index (χ4n) is 1.23. The Kier molecular flexibility index (Phi) is 6.97. The van der Waals surface area contributed by atoms with Gasteiger partial charge in [0.25, 0.3) is 0 Å². The molecule has 0 aliphatic heterocycles. The zero-order valence-corrected chi connectivity index (χ0v) is 11.1. The smallest absolute Gasteiger partial charge is 0.163 e. The van der Waals surface area contributed by atoms with Crippen LogP contribution in [0.3, 0.4) is 0 Å². The average Bonchev–Trinajstić information content (AvgIpc) is 2.32. The van der Waals surface area contributed by atoms with Gasteiger partial charge in [0, 0.05) is 23.5 Å². The predicted octanol–water partition coefficient (Wildman–Crippen LogP) is 3.28. The molecule has 1 aromatic carbocycles. The summed E-state index contributed by atoms with van der Waals surface area (Å²) in [6.07, 6.45) is 1.59. The Morgan fingerprint density at radius 2 is 1.53 bits per heavy atom. The van der Waals surface area contributed by atoms with E-state index in [0.29, 0.717) is 42.2 Å². The van der Waals surface area contributed by atoms with Crippen LogP contribution in [0, 0.1) is 0 Å². The molecule has 0 amide bonds. The Morgan fingerprint density at radius 1 is 0.941 bits per heavy atom. The summed E-state index contributed by atoms with van der Waals surface area (Å²) in [6, 6.07) is 5.34. The van der Waals surface area contributed by atoms with Gasteiger partial charge in [0.1, 0.15) is 0 Å². The standard InChI is InChI=1S/C12H17Cl2NO2/c13-5-1-7-16-11-4-3-10(15)9-12(11)17-8-2-6-14/h3-4,9H,1-2,5-8,15H2. The van der Waals surface area contributed by atoms with Gasteiger partial charge in [-0.2, -0.15) is 0 Å². The van der Waals surface area contributed by atoms with Crippen LogP contribution in [0.4, 0.5) is 5.69 Å². The molecule has 0 bridgehead atoms. The molecule has 96 valence electrons. The molecule has 1 aromatic rings. The molecular weight excluding hydrogens is 261 g/mol. The summed E-state index contributed by atoms with van der Waals surface area (Å²) in [6.45, 7) is 1.12. The van der Waals surface area contributed by atoms with Crippen molar-refractivity contribution in [2.45, 2.75) is 12.8 Å². The van der Waals surface area contributed by atoms with Crippen LogP contribution in [0.2, 0.25) is 0 Å². The summed E-state index contributed by atoms with van der Waals surface area (Å²) in [4.78, 5) is 0. The summed E-state index contributed by atoms with van der Waals surface area (Å²) < 4.78 is 11.1. The van der Waals surface area contributed by atoms with Crippen LogP contribution in [0.15, 0.2) is 18.2 Å². The molecule has 0 spiro atoms. The lowest BCUT2D eigenvalue weighted by molar-refractivity contribution is 0.269. The number of hydrogen-bond acceptors (Lipinski definition) is 3. The second-order valence-electron chi connectivity index (χ2n) is 3.49. The fraction of sp³-hybridized carbons (Fsp3) is 0.500. The van der Waals surface area contributed by atoms with Crippen molar-refractivity contribution in [3.8, 4) is 11.5 Å². The Labute approximate surface area is 112 Å². The third-order valence-electron chi connectivity index (χ3n) is 2.04. The number of hydrogen-bond donors (Lipinski definition) is 1. The number of rotatable bonds is 8. The number of anilines is 1. The van der Waals surface area contributed by atoms with Crippen LogP contribution in [-0.4, -0.2) is 25.0 Å². The van der Waals surface area contributed by atoms with Crippen LogP contribution >= 0.6 is 23.2 Å². The maximum Gasteiger partial charge on any atom is 0.163 e. The van der Waals surface area contributed by atoms with Crippen molar-refractivity contribution < 1.29 is 9.47 Å². The van der Waals surface area contributed by atoms with Crippen molar-refractivity contribution in [1.29, 1.82) is 0 Å². The number of alkyl halides is 2. The summed E-state index contributed by atoms with van der Waals surface area (Å²) in [5, 5.41) is 0. The van der Waals surface area contributed by atoms with Gasteiger partial charge in [-0.15, -0.1) is 23.2 Å². The molecule has 0 aliphatic rings. The molecule has 1 rings (SSSR count). The largest absolute Gasteiger partial charge is 0.490 e. The molecule has 0 aromatic heterocycles. The first-order valence-corrected chi connectivity index (χ1v) is 6.62. The van der Waals surface area contributed by atoms with E-state index in [1.807, 2.05) is 0 Å². The number of halogens is 2. The molecule has 0 unspecified atom stereocenters. The highest BCUT2D eigenvalue weighted by Crippen LogP contribution is 2.29. The van der Waals surface area contributed by atoms with E-state index in [9.17, 15) is 0 Å². The lowest BCUT2D eigenvalue weighted by Crippen LogP contribution is -2.03. The second kappa shape index (κ2) is 8.31. The molecule has 0 atom stereocenters. The lowest BCUT2D eigenvalue weighted by atomic mass is 10.3. The quantitative estimate of drug-likeness (QED) is 0.451. The van der Waals surface area contributed by atoms with Gasteiger partial charge in [-0.25, -0.2) is 0 Å². The van der Waals surface area contributed by atoms with Gasteiger partial charge in [-0.3, -0.25) is 0 Å². The summed E-state index contributed by atoms with van der Waals surface area (Å²) in [7, 11) is 0. The number of nitrogens with two attached hydrogens (primary N) is 1. The van der Waals surface area contributed by atoms with Crippen LogP contribution in [-0.2, 0) is 0 Å². The van der Waals surface area contributed by atoms with Crippen molar-refractivity contribution in [1.82, 2.24) is 0 Å². The summed E-state index contributed by atoms with van der Waals surface area (Å²) >= 11 is 11.2. The maximum atomic E-state index is 5.70. The highest BCUT2D eigenvalue weighted by Gasteiger charge is 2.05. The van der Waals surface area contributed by atoms with Gasteiger partial charge in [0.2, 0.25) is 0 Å². The van der Waals surface area contributed by atoms with E-state index < -0.39 is 0 Å². The van der Waals surface area contributed by atoms with E-state index in [-0.39, 0.29) is 0 Å². The molecule has 0 saturated carbocycles. The lowest BCUT2D eigenvalue weighted by Gasteiger charge is -2.12. The highest BCUT2D eigenvalue weighted by atomic mass is 35.5. The van der Waals surface area contributed by atoms with Gasteiger partial charge in [0.05, 0.1) is 13.2 Å². The maximum absolute atomic E-state index is 5.70. The van der Waals surface area contributed by atoms with E-state index in [0.717, 1.165) is 12.8 Å². The second-order valence-corrected chi connectivity index (χ2v) is 4.24. The summed E-state index contributed by atoms with van der Waals surface area (Å²) in [5.74, 6) is 2.51. The van der Waals surface area contributed by atoms with E-state index in [4.69, 9.17) is 38.4 Å². The van der Waals surface area contributed by atoms with Gasteiger partial charge in [-0.05, 0) is 25.0 Å². The first-order chi connectivity index (χ1) is 8.27. The van der Waals surface area contributed by atoms with E-state index in [1.165, 1.54) is 0 Å². The fourth-order valence-corrected chi connectivity index (χ4v) is 1.45. The molecule has 0 heterocycles. The zero-order valence-electron chi connectivity index (χ0n) is 9.62. The van der Waals surface area contributed by atoms with Crippen molar-refractivity contribution in [3.63, 3.8) is 0 Å². The Morgan fingerprint density at radius 3 is 2.12 bits per heavy atom.